The summed E-state index contributed by atoms with van der Waals surface area (Å²) in [6, 6.07) is 11.5. The number of benzene rings is 2. The third-order valence-corrected chi connectivity index (χ3v) is 4.16. The second kappa shape index (κ2) is 7.49. The highest BCUT2D eigenvalue weighted by molar-refractivity contribution is 6.31. The maximum Gasteiger partial charge on any atom is 0.244 e. The van der Waals surface area contributed by atoms with Crippen molar-refractivity contribution in [1.29, 1.82) is 0 Å². The van der Waals surface area contributed by atoms with Gasteiger partial charge in [-0.25, -0.2) is 0 Å². The quantitative estimate of drug-likeness (QED) is 0.746. The minimum atomic E-state index is -0.248. The topological polar surface area (TPSA) is 69.6 Å². The van der Waals surface area contributed by atoms with Gasteiger partial charge in [-0.05, 0) is 30.3 Å². The van der Waals surface area contributed by atoms with E-state index in [2.05, 4.69) is 5.32 Å². The summed E-state index contributed by atoms with van der Waals surface area (Å²) in [5.41, 5.74) is 1.07. The fourth-order valence-electron chi connectivity index (χ4n) is 2.69. The van der Waals surface area contributed by atoms with Gasteiger partial charge in [0, 0.05) is 34.4 Å². The molecule has 26 heavy (non-hydrogen) atoms. The van der Waals surface area contributed by atoms with Crippen molar-refractivity contribution in [2.24, 2.45) is 0 Å². The molecule has 0 fully saturated rings. The molecule has 3 rings (SSSR count). The Morgan fingerprint density at radius 2 is 1.85 bits per heavy atom. The predicted molar refractivity (Wildman–Crippen MR) is 101 cm³/mol. The SMILES string of the molecule is COc1ccc(NC(=O)Cn2ccc(=O)c3ccc(Cl)cc32)cc1OC. The third-order valence-electron chi connectivity index (χ3n) is 3.92. The molecule has 0 bridgehead atoms. The second-order valence-corrected chi connectivity index (χ2v) is 6.02. The summed E-state index contributed by atoms with van der Waals surface area (Å²) in [5, 5.41) is 3.81. The lowest BCUT2D eigenvalue weighted by molar-refractivity contribution is -0.116. The number of hydrogen-bond donors (Lipinski definition) is 1. The normalized spacial score (nSPS) is 10.6. The van der Waals surface area contributed by atoms with Gasteiger partial charge in [-0.15, -0.1) is 0 Å². The molecule has 1 aromatic heterocycles. The van der Waals surface area contributed by atoms with Crippen LogP contribution in [0.2, 0.25) is 5.02 Å². The van der Waals surface area contributed by atoms with E-state index in [4.69, 9.17) is 21.1 Å². The molecule has 1 N–H and O–H groups in total. The van der Waals surface area contributed by atoms with Crippen molar-refractivity contribution in [3.63, 3.8) is 0 Å². The van der Waals surface area contributed by atoms with Crippen LogP contribution in [0.5, 0.6) is 11.5 Å². The standard InChI is InChI=1S/C19H17ClN2O4/c1-25-17-6-4-13(10-18(17)26-2)21-19(24)11-22-8-7-16(23)14-5-3-12(20)9-15(14)22/h3-10H,11H2,1-2H3,(H,21,24). The van der Waals surface area contributed by atoms with Crippen LogP contribution < -0.4 is 20.2 Å². The molecule has 0 saturated carbocycles. The molecule has 0 radical (unpaired) electrons. The number of aromatic nitrogens is 1. The first-order valence-electron chi connectivity index (χ1n) is 7.82. The number of rotatable bonds is 5. The van der Waals surface area contributed by atoms with Crippen molar-refractivity contribution in [3.05, 3.63) is 63.9 Å². The molecular weight excluding hydrogens is 356 g/mol. The Morgan fingerprint density at radius 1 is 1.08 bits per heavy atom. The highest BCUT2D eigenvalue weighted by atomic mass is 35.5. The summed E-state index contributed by atoms with van der Waals surface area (Å²) in [6.45, 7) is 0.0332. The van der Waals surface area contributed by atoms with Crippen LogP contribution in [0.1, 0.15) is 0 Å². The van der Waals surface area contributed by atoms with Crippen LogP contribution >= 0.6 is 11.6 Å². The Bertz CT molecular complexity index is 1030. The summed E-state index contributed by atoms with van der Waals surface area (Å²) in [7, 11) is 3.07. The number of anilines is 1. The van der Waals surface area contributed by atoms with Gasteiger partial charge >= 0.3 is 0 Å². The van der Waals surface area contributed by atoms with Crippen LogP contribution in [0.3, 0.4) is 0 Å². The number of halogens is 1. The van der Waals surface area contributed by atoms with Crippen LogP contribution in [0.25, 0.3) is 10.9 Å². The van der Waals surface area contributed by atoms with E-state index >= 15 is 0 Å². The Labute approximate surface area is 154 Å². The molecule has 0 saturated heterocycles. The number of pyridine rings is 1. The zero-order valence-electron chi connectivity index (χ0n) is 14.3. The Kier molecular flexibility index (Phi) is 5.14. The van der Waals surface area contributed by atoms with Crippen molar-refractivity contribution in [2.45, 2.75) is 6.54 Å². The van der Waals surface area contributed by atoms with Gasteiger partial charge in [0.2, 0.25) is 5.91 Å². The first kappa shape index (κ1) is 17.8. The molecule has 0 atom stereocenters. The van der Waals surface area contributed by atoms with Gasteiger partial charge < -0.3 is 19.4 Å². The maximum absolute atomic E-state index is 12.4. The lowest BCUT2D eigenvalue weighted by Gasteiger charge is -2.13. The van der Waals surface area contributed by atoms with E-state index in [0.717, 1.165) is 0 Å². The summed E-state index contributed by atoms with van der Waals surface area (Å²) >= 11 is 6.03. The zero-order valence-corrected chi connectivity index (χ0v) is 15.0. The van der Waals surface area contributed by atoms with Gasteiger partial charge in [0.1, 0.15) is 6.54 Å². The minimum Gasteiger partial charge on any atom is -0.493 e. The first-order chi connectivity index (χ1) is 12.5. The molecule has 0 unspecified atom stereocenters. The summed E-state index contributed by atoms with van der Waals surface area (Å²) in [6.07, 6.45) is 1.58. The summed E-state index contributed by atoms with van der Waals surface area (Å²) < 4.78 is 12.1. The number of nitrogens with zero attached hydrogens (tertiary/aromatic N) is 1. The molecule has 0 aliphatic heterocycles. The molecule has 1 amide bonds. The lowest BCUT2D eigenvalue weighted by Crippen LogP contribution is -2.20. The number of nitrogens with one attached hydrogen (secondary N) is 1. The maximum atomic E-state index is 12.4. The van der Waals surface area contributed by atoms with E-state index in [-0.39, 0.29) is 17.9 Å². The van der Waals surface area contributed by atoms with E-state index in [1.54, 1.807) is 54.3 Å². The van der Waals surface area contributed by atoms with Crippen molar-refractivity contribution >= 4 is 34.1 Å². The third kappa shape index (κ3) is 3.65. The highest BCUT2D eigenvalue weighted by Crippen LogP contribution is 2.29. The Balaban J connectivity index is 1.85. The molecule has 0 aliphatic rings. The molecule has 6 nitrogen and oxygen atoms in total. The molecule has 3 aromatic rings. The molecule has 0 spiro atoms. The average molecular weight is 373 g/mol. The number of methoxy groups -OCH3 is 2. The first-order valence-corrected chi connectivity index (χ1v) is 8.20. The highest BCUT2D eigenvalue weighted by Gasteiger charge is 2.10. The number of carbonyl (C=O) groups excluding carboxylic acids is 1. The average Bonchev–Trinajstić information content (AvgIpc) is 2.64. The number of hydrogen-bond acceptors (Lipinski definition) is 4. The molecule has 7 heteroatoms. The number of carbonyl (C=O) groups is 1. The molecule has 134 valence electrons. The summed E-state index contributed by atoms with van der Waals surface area (Å²) in [4.78, 5) is 24.4. The van der Waals surface area contributed by atoms with E-state index in [0.29, 0.717) is 33.1 Å². The van der Waals surface area contributed by atoms with Crippen LogP contribution in [0.4, 0.5) is 5.69 Å². The number of fused-ring (bicyclic) bond motifs is 1. The molecular formula is C19H17ClN2O4. The van der Waals surface area contributed by atoms with E-state index in [9.17, 15) is 9.59 Å². The van der Waals surface area contributed by atoms with E-state index in [1.165, 1.54) is 13.2 Å². The van der Waals surface area contributed by atoms with Gasteiger partial charge in [-0.3, -0.25) is 9.59 Å². The lowest BCUT2D eigenvalue weighted by atomic mass is 10.2. The van der Waals surface area contributed by atoms with Crippen molar-refractivity contribution in [3.8, 4) is 11.5 Å². The van der Waals surface area contributed by atoms with Gasteiger partial charge in [-0.1, -0.05) is 11.6 Å². The smallest absolute Gasteiger partial charge is 0.244 e. The zero-order chi connectivity index (χ0) is 18.7. The van der Waals surface area contributed by atoms with Crippen LogP contribution in [-0.4, -0.2) is 24.7 Å². The fraction of sp³-hybridized carbons (Fsp3) is 0.158. The van der Waals surface area contributed by atoms with Crippen LogP contribution in [0.15, 0.2) is 53.5 Å². The van der Waals surface area contributed by atoms with Crippen LogP contribution in [-0.2, 0) is 11.3 Å². The van der Waals surface area contributed by atoms with Crippen molar-refractivity contribution in [1.82, 2.24) is 4.57 Å². The van der Waals surface area contributed by atoms with Gasteiger partial charge in [0.05, 0.1) is 19.7 Å². The van der Waals surface area contributed by atoms with E-state index < -0.39 is 0 Å². The van der Waals surface area contributed by atoms with Crippen molar-refractivity contribution in [2.75, 3.05) is 19.5 Å². The fourth-order valence-corrected chi connectivity index (χ4v) is 2.85. The van der Waals surface area contributed by atoms with Crippen LogP contribution in [0, 0.1) is 0 Å². The number of ether oxygens (including phenoxy) is 2. The van der Waals surface area contributed by atoms with E-state index in [1.807, 2.05) is 0 Å². The van der Waals surface area contributed by atoms with Gasteiger partial charge in [0.25, 0.3) is 0 Å². The predicted octanol–water partition coefficient (Wildman–Crippen LogP) is 3.31. The van der Waals surface area contributed by atoms with Crippen molar-refractivity contribution < 1.29 is 14.3 Å². The largest absolute Gasteiger partial charge is 0.493 e. The molecule has 2 aromatic carbocycles. The monoisotopic (exact) mass is 372 g/mol. The number of amides is 1. The summed E-state index contributed by atoms with van der Waals surface area (Å²) in [5.74, 6) is 0.847. The molecule has 1 heterocycles. The Hall–Kier alpha value is -2.99. The van der Waals surface area contributed by atoms with Gasteiger partial charge in [-0.2, -0.15) is 0 Å². The minimum absolute atomic E-state index is 0.0332. The Morgan fingerprint density at radius 3 is 2.58 bits per heavy atom. The molecule has 0 aliphatic carbocycles. The second-order valence-electron chi connectivity index (χ2n) is 5.59. The van der Waals surface area contributed by atoms with Gasteiger partial charge in [0.15, 0.2) is 16.9 Å².